The van der Waals surface area contributed by atoms with Gasteiger partial charge in [0.1, 0.15) is 5.60 Å². The number of aliphatic hydroxyl groups is 1. The van der Waals surface area contributed by atoms with Crippen molar-refractivity contribution in [2.75, 3.05) is 13.2 Å². The van der Waals surface area contributed by atoms with Crippen LogP contribution in [0, 0.1) is 6.92 Å². The van der Waals surface area contributed by atoms with Crippen molar-refractivity contribution in [2.45, 2.75) is 50.2 Å². The van der Waals surface area contributed by atoms with Crippen LogP contribution in [0.5, 0.6) is 0 Å². The fraction of sp³-hybridized carbons (Fsp3) is 0.526. The number of rotatable bonds is 3. The summed E-state index contributed by atoms with van der Waals surface area (Å²) in [4.78, 5) is 15.6. The van der Waals surface area contributed by atoms with Gasteiger partial charge < -0.3 is 20.3 Å². The van der Waals surface area contributed by atoms with Crippen molar-refractivity contribution in [3.05, 3.63) is 40.8 Å². The Morgan fingerprint density at radius 2 is 1.83 bits per heavy atom. The second-order valence-corrected chi connectivity index (χ2v) is 7.62. The molecule has 2 aromatic heterocycles. The summed E-state index contributed by atoms with van der Waals surface area (Å²) in [5, 5.41) is 15.2. The molecule has 2 fully saturated rings. The number of carbonyl (C=O) groups excluding carboxylic acids is 1. The van der Waals surface area contributed by atoms with E-state index in [1.54, 1.807) is 6.92 Å². The van der Waals surface area contributed by atoms with Gasteiger partial charge in [0.25, 0.3) is 5.91 Å². The number of hydrogen-bond acceptors (Lipinski definition) is 6. The number of pyridine rings is 1. The second-order valence-electron chi connectivity index (χ2n) is 7.62. The summed E-state index contributed by atoms with van der Waals surface area (Å²) in [6.07, 6.45) is -2.98. The lowest BCUT2D eigenvalue weighted by Gasteiger charge is -2.41. The lowest BCUT2D eigenvalue weighted by molar-refractivity contribution is -0.206. The zero-order valence-electron chi connectivity index (χ0n) is 16.2. The molecular formula is C19H21F3N4O4. The van der Waals surface area contributed by atoms with E-state index in [1.165, 1.54) is 10.9 Å². The van der Waals surface area contributed by atoms with Gasteiger partial charge in [-0.1, -0.05) is 0 Å². The van der Waals surface area contributed by atoms with Gasteiger partial charge in [0.15, 0.2) is 11.6 Å². The van der Waals surface area contributed by atoms with Crippen LogP contribution < -0.4 is 5.73 Å². The summed E-state index contributed by atoms with van der Waals surface area (Å²) in [6.45, 7) is 2.39. The van der Waals surface area contributed by atoms with Gasteiger partial charge in [-0.25, -0.2) is 9.67 Å². The van der Waals surface area contributed by atoms with E-state index in [2.05, 4.69) is 10.1 Å². The number of nitrogens with zero attached hydrogens (tertiary/aromatic N) is 3. The molecule has 1 aliphatic carbocycles. The molecule has 11 heteroatoms. The predicted molar refractivity (Wildman–Crippen MR) is 96.6 cm³/mol. The highest BCUT2D eigenvalue weighted by Gasteiger charge is 2.50. The largest absolute Gasteiger partial charge is 0.418 e. The summed E-state index contributed by atoms with van der Waals surface area (Å²) >= 11 is 0. The van der Waals surface area contributed by atoms with Crippen LogP contribution in [0.1, 0.15) is 53.0 Å². The van der Waals surface area contributed by atoms with Gasteiger partial charge in [-0.15, -0.1) is 0 Å². The molecule has 1 spiro atoms. The molecule has 3 N–H and O–H groups in total. The summed E-state index contributed by atoms with van der Waals surface area (Å²) in [5.41, 5.74) is 2.45. The molecule has 1 saturated heterocycles. The highest BCUT2D eigenvalue weighted by atomic mass is 19.4. The van der Waals surface area contributed by atoms with Crippen molar-refractivity contribution in [3.8, 4) is 5.82 Å². The van der Waals surface area contributed by atoms with Crippen LogP contribution in [0.3, 0.4) is 0 Å². The molecule has 0 unspecified atom stereocenters. The fourth-order valence-electron chi connectivity index (χ4n) is 4.10. The lowest BCUT2D eigenvalue weighted by Crippen LogP contribution is -2.43. The van der Waals surface area contributed by atoms with E-state index in [0.29, 0.717) is 18.9 Å². The zero-order valence-corrected chi connectivity index (χ0v) is 16.2. The van der Waals surface area contributed by atoms with E-state index in [-0.39, 0.29) is 37.1 Å². The number of carbonyl (C=O) groups is 1. The Morgan fingerprint density at radius 1 is 1.20 bits per heavy atom. The van der Waals surface area contributed by atoms with Gasteiger partial charge in [-0.3, -0.25) is 4.79 Å². The van der Waals surface area contributed by atoms with Gasteiger partial charge in [0, 0.05) is 12.8 Å². The third-order valence-electron chi connectivity index (χ3n) is 5.77. The first-order valence-electron chi connectivity index (χ1n) is 9.49. The Balaban J connectivity index is 1.76. The normalized spacial score (nSPS) is 20.6. The predicted octanol–water partition coefficient (Wildman–Crippen LogP) is 2.20. The van der Waals surface area contributed by atoms with Gasteiger partial charge in [-0.2, -0.15) is 18.3 Å². The molecule has 1 saturated carbocycles. The first-order chi connectivity index (χ1) is 14.0. The van der Waals surface area contributed by atoms with Crippen molar-refractivity contribution >= 4 is 5.91 Å². The minimum absolute atomic E-state index is 0.00282. The van der Waals surface area contributed by atoms with Crippen LogP contribution in [0.4, 0.5) is 13.2 Å². The van der Waals surface area contributed by atoms with Gasteiger partial charge in [0.2, 0.25) is 0 Å². The van der Waals surface area contributed by atoms with Gasteiger partial charge >= 0.3 is 6.18 Å². The van der Waals surface area contributed by atoms with Crippen LogP contribution in [0.2, 0.25) is 0 Å². The SMILES string of the molecule is Cc1c(C(N)=O)cnn1-c1ccc(C(F)(F)F)c(C2(O)CCC3(CC2)OCCO3)n1. The number of halogens is 3. The zero-order chi connectivity index (χ0) is 21.7. The molecule has 4 rings (SSSR count). The van der Waals surface area contributed by atoms with Crippen LogP contribution >= 0.6 is 0 Å². The molecule has 0 radical (unpaired) electrons. The number of ether oxygens (including phenoxy) is 2. The van der Waals surface area contributed by atoms with E-state index in [9.17, 15) is 23.1 Å². The maximum absolute atomic E-state index is 13.7. The average molecular weight is 426 g/mol. The highest BCUT2D eigenvalue weighted by molar-refractivity contribution is 5.93. The summed E-state index contributed by atoms with van der Waals surface area (Å²) in [6, 6.07) is 2.02. The van der Waals surface area contributed by atoms with E-state index in [4.69, 9.17) is 15.2 Å². The topological polar surface area (TPSA) is 112 Å². The maximum atomic E-state index is 13.7. The van der Waals surface area contributed by atoms with E-state index in [0.717, 1.165) is 12.1 Å². The minimum atomic E-state index is -4.70. The maximum Gasteiger partial charge on any atom is 0.418 e. The number of hydrogen-bond donors (Lipinski definition) is 2. The molecular weight excluding hydrogens is 405 g/mol. The van der Waals surface area contributed by atoms with Crippen molar-refractivity contribution in [3.63, 3.8) is 0 Å². The molecule has 1 aliphatic heterocycles. The fourth-order valence-corrected chi connectivity index (χ4v) is 4.10. The number of nitrogens with two attached hydrogens (primary N) is 1. The Labute approximate surface area is 169 Å². The Hall–Kier alpha value is -2.50. The summed E-state index contributed by atoms with van der Waals surface area (Å²) < 4.78 is 53.6. The number of alkyl halides is 3. The molecule has 8 nitrogen and oxygen atoms in total. The van der Waals surface area contributed by atoms with Crippen molar-refractivity contribution in [2.24, 2.45) is 5.73 Å². The third-order valence-corrected chi connectivity index (χ3v) is 5.77. The van der Waals surface area contributed by atoms with E-state index >= 15 is 0 Å². The Kier molecular flexibility index (Phi) is 4.87. The van der Waals surface area contributed by atoms with Crippen molar-refractivity contribution < 1.29 is 32.5 Å². The van der Waals surface area contributed by atoms with Gasteiger partial charge in [0.05, 0.1) is 41.9 Å². The van der Waals surface area contributed by atoms with E-state index < -0.39 is 34.7 Å². The van der Waals surface area contributed by atoms with Crippen LogP contribution in [-0.2, 0) is 21.3 Å². The highest BCUT2D eigenvalue weighted by Crippen LogP contribution is 2.47. The summed E-state index contributed by atoms with van der Waals surface area (Å²) in [5.74, 6) is -1.51. The lowest BCUT2D eigenvalue weighted by atomic mass is 9.77. The molecule has 2 aliphatic rings. The molecule has 162 valence electrons. The van der Waals surface area contributed by atoms with Crippen molar-refractivity contribution in [1.29, 1.82) is 0 Å². The molecule has 0 atom stereocenters. The van der Waals surface area contributed by atoms with E-state index in [1.807, 2.05) is 0 Å². The molecule has 30 heavy (non-hydrogen) atoms. The van der Waals surface area contributed by atoms with Crippen molar-refractivity contribution in [1.82, 2.24) is 14.8 Å². The first-order valence-corrected chi connectivity index (χ1v) is 9.49. The molecule has 2 aromatic rings. The molecule has 0 bridgehead atoms. The first kappa shape index (κ1) is 20.8. The molecule has 3 heterocycles. The van der Waals surface area contributed by atoms with Gasteiger partial charge in [-0.05, 0) is 31.9 Å². The second kappa shape index (κ2) is 7.03. The van der Waals surface area contributed by atoms with Crippen LogP contribution in [-0.4, -0.2) is 44.8 Å². The Morgan fingerprint density at radius 3 is 2.37 bits per heavy atom. The quantitative estimate of drug-likeness (QED) is 0.778. The molecule has 1 amide bonds. The minimum Gasteiger partial charge on any atom is -0.384 e. The standard InChI is InChI=1S/C19H21F3N4O4/c1-11-12(16(23)27)10-24-26(11)14-3-2-13(19(20,21)22)15(25-14)17(28)4-6-18(7-5-17)29-8-9-30-18/h2-3,10,28H,4-9H2,1H3,(H2,23,27). The summed E-state index contributed by atoms with van der Waals surface area (Å²) in [7, 11) is 0. The Bertz CT molecular complexity index is 973. The third kappa shape index (κ3) is 3.46. The number of amides is 1. The monoisotopic (exact) mass is 426 g/mol. The number of aromatic nitrogens is 3. The van der Waals surface area contributed by atoms with Crippen LogP contribution in [0.25, 0.3) is 5.82 Å². The smallest absolute Gasteiger partial charge is 0.384 e. The van der Waals surface area contributed by atoms with Crippen LogP contribution in [0.15, 0.2) is 18.3 Å². The number of primary amides is 1. The molecule has 0 aromatic carbocycles. The average Bonchev–Trinajstić information content (AvgIpc) is 3.30.